The fraction of sp³-hybridized carbons (Fsp3) is 0.250. The number of benzene rings is 1. The van der Waals surface area contributed by atoms with E-state index in [9.17, 15) is 4.79 Å². The van der Waals surface area contributed by atoms with Gasteiger partial charge in [0.2, 0.25) is 5.91 Å². The molecule has 0 spiro atoms. The highest BCUT2D eigenvalue weighted by molar-refractivity contribution is 8.02. The molecule has 1 atom stereocenters. The van der Waals surface area contributed by atoms with E-state index in [1.165, 1.54) is 23.1 Å². The molecule has 0 fully saturated rings. The summed E-state index contributed by atoms with van der Waals surface area (Å²) in [7, 11) is 0. The number of aromatic nitrogens is 2. The first-order valence-electron chi connectivity index (χ1n) is 5.56. The highest BCUT2D eigenvalue weighted by Crippen LogP contribution is 2.26. The number of carbonyl (C=O) groups is 1. The maximum absolute atomic E-state index is 12.1. The van der Waals surface area contributed by atoms with E-state index in [-0.39, 0.29) is 11.2 Å². The lowest BCUT2D eigenvalue weighted by Crippen LogP contribution is -2.22. The second-order valence-electron chi connectivity index (χ2n) is 3.91. The van der Waals surface area contributed by atoms with Crippen LogP contribution in [0.3, 0.4) is 0 Å². The average Bonchev–Trinajstić information content (AvgIpc) is 2.86. The molecule has 19 heavy (non-hydrogen) atoms. The molecule has 1 heterocycles. The van der Waals surface area contributed by atoms with Crippen LogP contribution in [0.5, 0.6) is 0 Å². The summed E-state index contributed by atoms with van der Waals surface area (Å²) in [5.74, 6) is -0.0782. The minimum Gasteiger partial charge on any atom is -0.325 e. The van der Waals surface area contributed by atoms with Gasteiger partial charge in [-0.05, 0) is 31.5 Å². The zero-order valence-electron chi connectivity index (χ0n) is 10.4. The van der Waals surface area contributed by atoms with Crippen LogP contribution < -0.4 is 5.32 Å². The number of carbonyl (C=O) groups excluding carboxylic acids is 1. The van der Waals surface area contributed by atoms with Crippen LogP contribution >= 0.6 is 34.7 Å². The third-order valence-electron chi connectivity index (χ3n) is 2.44. The first-order valence-corrected chi connectivity index (χ1v) is 7.70. The van der Waals surface area contributed by atoms with E-state index < -0.39 is 0 Å². The Labute approximate surface area is 124 Å². The van der Waals surface area contributed by atoms with Crippen molar-refractivity contribution >= 4 is 46.3 Å². The van der Waals surface area contributed by atoms with E-state index in [0.29, 0.717) is 5.02 Å². The Morgan fingerprint density at radius 2 is 2.32 bits per heavy atom. The monoisotopic (exact) mass is 313 g/mol. The van der Waals surface area contributed by atoms with Gasteiger partial charge in [0.1, 0.15) is 5.51 Å². The number of halogens is 1. The fourth-order valence-electron chi connectivity index (χ4n) is 1.38. The number of nitrogens with one attached hydrogen (secondary N) is 1. The van der Waals surface area contributed by atoms with E-state index in [4.69, 9.17) is 11.6 Å². The van der Waals surface area contributed by atoms with Crippen molar-refractivity contribution in [3.8, 4) is 0 Å². The van der Waals surface area contributed by atoms with E-state index in [0.717, 1.165) is 15.6 Å². The quantitative estimate of drug-likeness (QED) is 0.876. The summed E-state index contributed by atoms with van der Waals surface area (Å²) in [6, 6.07) is 5.42. The molecule has 0 unspecified atom stereocenters. The summed E-state index contributed by atoms with van der Waals surface area (Å²) in [6.45, 7) is 3.76. The van der Waals surface area contributed by atoms with Crippen molar-refractivity contribution in [2.24, 2.45) is 0 Å². The third kappa shape index (κ3) is 3.92. The third-order valence-corrected chi connectivity index (χ3v) is 4.59. The molecular formula is C12H12ClN3OS2. The molecule has 1 N–H and O–H groups in total. The van der Waals surface area contributed by atoms with Gasteiger partial charge in [0.25, 0.3) is 0 Å². The lowest BCUT2D eigenvalue weighted by molar-refractivity contribution is -0.115. The Balaban J connectivity index is 2.02. The number of aryl methyl sites for hydroxylation is 1. The molecule has 0 aliphatic carbocycles. The molecule has 4 nitrogen and oxygen atoms in total. The predicted molar refractivity (Wildman–Crippen MR) is 80.0 cm³/mol. The molecule has 1 amide bonds. The number of amides is 1. The molecule has 0 bridgehead atoms. The predicted octanol–water partition coefficient (Wildman–Crippen LogP) is 3.62. The SMILES string of the molecule is Cc1ccc(Cl)cc1NC(=O)[C@H](C)Sc1nncs1. The van der Waals surface area contributed by atoms with Gasteiger partial charge in [-0.1, -0.05) is 40.8 Å². The largest absolute Gasteiger partial charge is 0.325 e. The van der Waals surface area contributed by atoms with Crippen molar-refractivity contribution < 1.29 is 4.79 Å². The molecule has 0 saturated heterocycles. The van der Waals surface area contributed by atoms with Gasteiger partial charge < -0.3 is 5.32 Å². The van der Waals surface area contributed by atoms with Gasteiger partial charge in [0.05, 0.1) is 5.25 Å². The van der Waals surface area contributed by atoms with Gasteiger partial charge in [-0.2, -0.15) is 0 Å². The molecule has 2 aromatic rings. The van der Waals surface area contributed by atoms with Crippen molar-refractivity contribution in [3.63, 3.8) is 0 Å². The Bertz CT molecular complexity index is 574. The van der Waals surface area contributed by atoms with Crippen LogP contribution in [-0.4, -0.2) is 21.4 Å². The van der Waals surface area contributed by atoms with Crippen LogP contribution in [0.25, 0.3) is 0 Å². The van der Waals surface area contributed by atoms with E-state index in [1.54, 1.807) is 17.6 Å². The van der Waals surface area contributed by atoms with Crippen LogP contribution in [-0.2, 0) is 4.79 Å². The van der Waals surface area contributed by atoms with Crippen molar-refractivity contribution in [2.75, 3.05) is 5.32 Å². The Kier molecular flexibility index (Phi) is 4.79. The Morgan fingerprint density at radius 1 is 1.53 bits per heavy atom. The maximum Gasteiger partial charge on any atom is 0.237 e. The Morgan fingerprint density at radius 3 is 3.00 bits per heavy atom. The van der Waals surface area contributed by atoms with Gasteiger partial charge in [-0.3, -0.25) is 4.79 Å². The second kappa shape index (κ2) is 6.36. The zero-order valence-corrected chi connectivity index (χ0v) is 12.8. The maximum atomic E-state index is 12.1. The van der Waals surface area contributed by atoms with Gasteiger partial charge in [0, 0.05) is 10.7 Å². The minimum absolute atomic E-state index is 0.0782. The van der Waals surface area contributed by atoms with E-state index in [1.807, 2.05) is 19.9 Å². The minimum atomic E-state index is -0.244. The van der Waals surface area contributed by atoms with Crippen LogP contribution in [0.1, 0.15) is 12.5 Å². The molecule has 0 radical (unpaired) electrons. The normalized spacial score (nSPS) is 12.2. The highest BCUT2D eigenvalue weighted by Gasteiger charge is 2.17. The lowest BCUT2D eigenvalue weighted by atomic mass is 10.2. The van der Waals surface area contributed by atoms with Crippen molar-refractivity contribution in [1.82, 2.24) is 10.2 Å². The number of nitrogens with zero attached hydrogens (tertiary/aromatic N) is 2. The molecule has 1 aromatic heterocycles. The molecule has 0 aliphatic heterocycles. The topological polar surface area (TPSA) is 54.9 Å². The molecule has 1 aromatic carbocycles. The zero-order chi connectivity index (χ0) is 13.8. The van der Waals surface area contributed by atoms with Gasteiger partial charge in [-0.15, -0.1) is 10.2 Å². The van der Waals surface area contributed by atoms with Crippen molar-refractivity contribution in [2.45, 2.75) is 23.4 Å². The van der Waals surface area contributed by atoms with Gasteiger partial charge in [-0.25, -0.2) is 0 Å². The summed E-state index contributed by atoms with van der Waals surface area (Å²) < 4.78 is 0.783. The van der Waals surface area contributed by atoms with Crippen LogP contribution in [0, 0.1) is 6.92 Å². The first kappa shape index (κ1) is 14.3. The molecule has 0 aliphatic rings. The van der Waals surface area contributed by atoms with E-state index >= 15 is 0 Å². The smallest absolute Gasteiger partial charge is 0.237 e. The lowest BCUT2D eigenvalue weighted by Gasteiger charge is -2.12. The molecular weight excluding hydrogens is 302 g/mol. The number of hydrogen-bond donors (Lipinski definition) is 1. The number of thioether (sulfide) groups is 1. The first-order chi connectivity index (χ1) is 9.06. The summed E-state index contributed by atoms with van der Waals surface area (Å²) in [4.78, 5) is 12.1. The standard InChI is InChI=1S/C12H12ClN3OS2/c1-7-3-4-9(13)5-10(7)15-11(17)8(2)19-12-16-14-6-18-12/h3-6,8H,1-2H3,(H,15,17)/t8-/m0/s1. The molecule has 7 heteroatoms. The van der Waals surface area contributed by atoms with Crippen LogP contribution in [0.15, 0.2) is 28.0 Å². The molecule has 100 valence electrons. The van der Waals surface area contributed by atoms with Crippen LogP contribution in [0.2, 0.25) is 5.02 Å². The van der Waals surface area contributed by atoms with Crippen molar-refractivity contribution in [1.29, 1.82) is 0 Å². The van der Waals surface area contributed by atoms with Gasteiger partial charge >= 0.3 is 0 Å². The molecule has 0 saturated carbocycles. The fourth-order valence-corrected chi connectivity index (χ4v) is 3.18. The summed E-state index contributed by atoms with van der Waals surface area (Å²) in [5, 5.41) is 10.9. The summed E-state index contributed by atoms with van der Waals surface area (Å²) in [6.07, 6.45) is 0. The number of anilines is 1. The molecule has 2 rings (SSSR count). The summed E-state index contributed by atoms with van der Waals surface area (Å²) >= 11 is 8.73. The highest BCUT2D eigenvalue weighted by atomic mass is 35.5. The second-order valence-corrected chi connectivity index (χ2v) is 6.77. The van der Waals surface area contributed by atoms with Crippen molar-refractivity contribution in [3.05, 3.63) is 34.3 Å². The van der Waals surface area contributed by atoms with Gasteiger partial charge in [0.15, 0.2) is 4.34 Å². The van der Waals surface area contributed by atoms with E-state index in [2.05, 4.69) is 15.5 Å². The number of rotatable bonds is 4. The Hall–Kier alpha value is -1.11. The van der Waals surface area contributed by atoms with Crippen LogP contribution in [0.4, 0.5) is 5.69 Å². The number of hydrogen-bond acceptors (Lipinski definition) is 5. The average molecular weight is 314 g/mol. The summed E-state index contributed by atoms with van der Waals surface area (Å²) in [5.41, 5.74) is 3.36.